The number of nitrogens with one attached hydrogen (secondary N) is 1. The maximum Gasteiger partial charge on any atom is 0.401 e. The first kappa shape index (κ1) is 14.2. The topological polar surface area (TPSA) is 28.2 Å². The smallest absolute Gasteiger partial charge is 0.361 e. The van der Waals surface area contributed by atoms with Crippen molar-refractivity contribution in [3.63, 3.8) is 0 Å². The summed E-state index contributed by atoms with van der Waals surface area (Å²) in [6, 6.07) is 0. The lowest BCUT2D eigenvalue weighted by atomic mass is 10.4. The van der Waals surface area contributed by atoms with Gasteiger partial charge in [-0.05, 0) is 26.9 Å². The highest BCUT2D eigenvalue weighted by Crippen LogP contribution is 2.17. The summed E-state index contributed by atoms with van der Waals surface area (Å²) in [5.74, 6) is 0. The minimum atomic E-state index is -4.12. The number of halogens is 3. The summed E-state index contributed by atoms with van der Waals surface area (Å²) in [7, 11) is 1.47. The molecule has 0 amide bonds. The monoisotopic (exact) mass is 267 g/mol. The lowest BCUT2D eigenvalue weighted by molar-refractivity contribution is -0.142. The van der Waals surface area contributed by atoms with Crippen LogP contribution in [0.3, 0.4) is 0 Å². The first-order valence-corrected chi connectivity index (χ1v) is 6.10. The molecule has 0 radical (unpaired) electrons. The Kier molecular flexibility index (Phi) is 5.20. The van der Waals surface area contributed by atoms with Gasteiger partial charge >= 0.3 is 6.18 Å². The number of alkyl halides is 3. The lowest BCUT2D eigenvalue weighted by Crippen LogP contribution is -2.32. The average Bonchev–Trinajstić information content (AvgIpc) is 2.56. The van der Waals surface area contributed by atoms with E-state index in [1.807, 2.05) is 6.92 Å². The van der Waals surface area contributed by atoms with Crippen LogP contribution in [0.15, 0.2) is 6.20 Å². The highest BCUT2D eigenvalue weighted by molar-refractivity contribution is 7.15. The number of rotatable bonds is 6. The molecule has 0 saturated heterocycles. The molecule has 0 aromatic carbocycles. The molecule has 3 nitrogen and oxygen atoms in total. The molecule has 1 N–H and O–H groups in total. The van der Waals surface area contributed by atoms with Crippen LogP contribution in [0.25, 0.3) is 0 Å². The van der Waals surface area contributed by atoms with Crippen LogP contribution in [0.5, 0.6) is 0 Å². The molecule has 1 aromatic heterocycles. The van der Waals surface area contributed by atoms with E-state index in [-0.39, 0.29) is 0 Å². The number of hydrogen-bond acceptors (Lipinski definition) is 4. The van der Waals surface area contributed by atoms with Gasteiger partial charge in [-0.25, -0.2) is 4.98 Å². The molecule has 0 unspecified atom stereocenters. The Morgan fingerprint density at radius 2 is 2.18 bits per heavy atom. The third-order valence-corrected chi connectivity index (χ3v) is 2.93. The van der Waals surface area contributed by atoms with Crippen molar-refractivity contribution >= 4 is 16.5 Å². The molecule has 7 heteroatoms. The fourth-order valence-electron chi connectivity index (χ4n) is 1.37. The Bertz CT molecular complexity index is 338. The lowest BCUT2D eigenvalue weighted by Gasteiger charge is -2.18. The molecule has 1 aromatic rings. The van der Waals surface area contributed by atoms with Crippen LogP contribution in [-0.2, 0) is 0 Å². The standard InChI is InChI=1S/C10H16F3N3S/c1-8-6-15-9(17-8)14-4-3-5-16(2)7-10(11,12)13/h6H,3-5,7H2,1-2H3,(H,14,15). The van der Waals surface area contributed by atoms with Crippen LogP contribution in [0.2, 0.25) is 0 Å². The number of aromatic nitrogens is 1. The third kappa shape index (κ3) is 6.48. The molecule has 98 valence electrons. The van der Waals surface area contributed by atoms with Crippen LogP contribution in [0, 0.1) is 6.92 Å². The molecule has 0 aliphatic carbocycles. The quantitative estimate of drug-likeness (QED) is 0.803. The SMILES string of the molecule is Cc1cnc(NCCCN(C)CC(F)(F)F)s1. The maximum absolute atomic E-state index is 12.0. The van der Waals surface area contributed by atoms with E-state index in [1.165, 1.54) is 11.9 Å². The molecular weight excluding hydrogens is 251 g/mol. The van der Waals surface area contributed by atoms with E-state index >= 15 is 0 Å². The zero-order valence-corrected chi connectivity index (χ0v) is 10.7. The summed E-state index contributed by atoms with van der Waals surface area (Å²) in [5.41, 5.74) is 0. The molecule has 1 rings (SSSR count). The predicted molar refractivity (Wildman–Crippen MR) is 63.5 cm³/mol. The van der Waals surface area contributed by atoms with Crippen molar-refractivity contribution in [2.75, 3.05) is 32.0 Å². The van der Waals surface area contributed by atoms with Crippen LogP contribution in [0.1, 0.15) is 11.3 Å². The van der Waals surface area contributed by atoms with Crippen LogP contribution < -0.4 is 5.32 Å². The minimum Gasteiger partial charge on any atom is -0.361 e. The molecule has 17 heavy (non-hydrogen) atoms. The molecular formula is C10H16F3N3S. The van der Waals surface area contributed by atoms with E-state index in [0.29, 0.717) is 19.5 Å². The largest absolute Gasteiger partial charge is 0.401 e. The normalized spacial score (nSPS) is 12.1. The summed E-state index contributed by atoms with van der Waals surface area (Å²) in [4.78, 5) is 6.49. The van der Waals surface area contributed by atoms with Gasteiger partial charge in [-0.1, -0.05) is 0 Å². The maximum atomic E-state index is 12.0. The second-order valence-electron chi connectivity index (χ2n) is 3.91. The Balaban J connectivity index is 2.12. The van der Waals surface area contributed by atoms with Gasteiger partial charge in [0.2, 0.25) is 0 Å². The van der Waals surface area contributed by atoms with E-state index in [4.69, 9.17) is 0 Å². The summed E-state index contributed by atoms with van der Waals surface area (Å²) in [5, 5.41) is 3.90. The van der Waals surface area contributed by atoms with E-state index in [0.717, 1.165) is 10.0 Å². The third-order valence-electron chi connectivity index (χ3n) is 2.06. The highest BCUT2D eigenvalue weighted by atomic mass is 32.1. The molecule has 1 heterocycles. The predicted octanol–water partition coefficient (Wildman–Crippen LogP) is 2.75. The summed E-state index contributed by atoms with van der Waals surface area (Å²) >= 11 is 1.54. The van der Waals surface area contributed by atoms with E-state index in [9.17, 15) is 13.2 Å². The highest BCUT2D eigenvalue weighted by Gasteiger charge is 2.28. The second kappa shape index (κ2) is 6.20. The molecule has 0 atom stereocenters. The van der Waals surface area contributed by atoms with Gasteiger partial charge in [0, 0.05) is 17.6 Å². The van der Waals surface area contributed by atoms with Gasteiger partial charge < -0.3 is 5.32 Å². The van der Waals surface area contributed by atoms with Crippen molar-refractivity contribution in [3.8, 4) is 0 Å². The summed E-state index contributed by atoms with van der Waals surface area (Å²) < 4.78 is 36.1. The summed E-state index contributed by atoms with van der Waals surface area (Å²) in [6.07, 6.45) is -1.69. The fourth-order valence-corrected chi connectivity index (χ4v) is 2.06. The van der Waals surface area contributed by atoms with Crippen molar-refractivity contribution in [3.05, 3.63) is 11.1 Å². The Hall–Kier alpha value is -0.820. The van der Waals surface area contributed by atoms with E-state index < -0.39 is 12.7 Å². The van der Waals surface area contributed by atoms with Gasteiger partial charge in [-0.2, -0.15) is 13.2 Å². The van der Waals surface area contributed by atoms with Crippen molar-refractivity contribution < 1.29 is 13.2 Å². The Morgan fingerprint density at radius 3 is 2.71 bits per heavy atom. The fraction of sp³-hybridized carbons (Fsp3) is 0.700. The van der Waals surface area contributed by atoms with E-state index in [2.05, 4.69) is 10.3 Å². The number of anilines is 1. The Morgan fingerprint density at radius 1 is 1.47 bits per heavy atom. The Labute approximate surface area is 103 Å². The molecule has 0 aliphatic rings. The van der Waals surface area contributed by atoms with Gasteiger partial charge in [0.15, 0.2) is 5.13 Å². The second-order valence-corrected chi connectivity index (χ2v) is 5.14. The summed E-state index contributed by atoms with van der Waals surface area (Å²) in [6.45, 7) is 2.15. The number of nitrogens with zero attached hydrogens (tertiary/aromatic N) is 2. The van der Waals surface area contributed by atoms with E-state index in [1.54, 1.807) is 17.5 Å². The van der Waals surface area contributed by atoms with Gasteiger partial charge in [-0.3, -0.25) is 4.90 Å². The average molecular weight is 267 g/mol. The molecule has 0 aliphatic heterocycles. The van der Waals surface area contributed by atoms with Gasteiger partial charge in [0.05, 0.1) is 6.54 Å². The minimum absolute atomic E-state index is 0.414. The molecule has 0 fully saturated rings. The van der Waals surface area contributed by atoms with Gasteiger partial charge in [-0.15, -0.1) is 11.3 Å². The van der Waals surface area contributed by atoms with Crippen molar-refractivity contribution in [1.29, 1.82) is 0 Å². The zero-order valence-electron chi connectivity index (χ0n) is 9.84. The van der Waals surface area contributed by atoms with Crippen LogP contribution in [0.4, 0.5) is 18.3 Å². The van der Waals surface area contributed by atoms with Crippen molar-refractivity contribution in [1.82, 2.24) is 9.88 Å². The molecule has 0 spiro atoms. The number of aryl methyl sites for hydroxylation is 1. The molecule has 0 bridgehead atoms. The first-order chi connectivity index (χ1) is 7.87. The molecule has 0 saturated carbocycles. The first-order valence-electron chi connectivity index (χ1n) is 5.28. The zero-order chi connectivity index (χ0) is 12.9. The van der Waals surface area contributed by atoms with Gasteiger partial charge in [0.1, 0.15) is 0 Å². The van der Waals surface area contributed by atoms with Gasteiger partial charge in [0.25, 0.3) is 0 Å². The van der Waals surface area contributed by atoms with Crippen molar-refractivity contribution in [2.45, 2.75) is 19.5 Å². The number of hydrogen-bond donors (Lipinski definition) is 1. The van der Waals surface area contributed by atoms with Crippen LogP contribution in [-0.4, -0.2) is 42.7 Å². The van der Waals surface area contributed by atoms with Crippen molar-refractivity contribution in [2.24, 2.45) is 0 Å². The number of thiazole rings is 1. The van der Waals surface area contributed by atoms with Crippen LogP contribution >= 0.6 is 11.3 Å².